The molecule has 2 aromatic heterocycles. The van der Waals surface area contributed by atoms with Crippen molar-refractivity contribution in [3.63, 3.8) is 0 Å². The van der Waals surface area contributed by atoms with Crippen molar-refractivity contribution in [2.75, 3.05) is 9.71 Å². The van der Waals surface area contributed by atoms with E-state index >= 15 is 0 Å². The lowest BCUT2D eigenvalue weighted by atomic mass is 9.45. The predicted octanol–water partition coefficient (Wildman–Crippen LogP) is 16.8. The van der Waals surface area contributed by atoms with E-state index in [-0.39, 0.29) is 33.9 Å². The molecular weight excluding hydrogens is 844 g/mol. The zero-order chi connectivity index (χ0) is 47.2. The monoisotopic (exact) mass is 904 g/mol. The molecule has 0 N–H and O–H groups in total. The van der Waals surface area contributed by atoms with Gasteiger partial charge in [0.25, 0.3) is 0 Å². The Morgan fingerprint density at radius 1 is 0.529 bits per heavy atom. The van der Waals surface area contributed by atoms with Crippen LogP contribution in [0.1, 0.15) is 129 Å². The molecule has 5 heteroatoms. The Labute approximate surface area is 406 Å². The van der Waals surface area contributed by atoms with Gasteiger partial charge in [-0.1, -0.05) is 150 Å². The molecule has 0 atom stereocenters. The highest BCUT2D eigenvalue weighted by atomic mass is 32.1. The first-order valence-corrected chi connectivity index (χ1v) is 25.7. The van der Waals surface area contributed by atoms with Crippen LogP contribution >= 0.6 is 11.3 Å². The molecule has 13 rings (SSSR count). The minimum atomic E-state index is -0.292. The lowest BCUT2D eigenvalue weighted by Crippen LogP contribution is -2.61. The fourth-order valence-electron chi connectivity index (χ4n) is 12.8. The highest BCUT2D eigenvalue weighted by molar-refractivity contribution is 7.25. The van der Waals surface area contributed by atoms with E-state index < -0.39 is 0 Å². The van der Waals surface area contributed by atoms with Crippen molar-refractivity contribution in [3.05, 3.63) is 161 Å². The number of anilines is 5. The van der Waals surface area contributed by atoms with Gasteiger partial charge in [0, 0.05) is 59.3 Å². The first-order valence-electron chi connectivity index (χ1n) is 24.9. The minimum absolute atomic E-state index is 0.0111. The van der Waals surface area contributed by atoms with E-state index in [9.17, 15) is 0 Å². The molecule has 68 heavy (non-hydrogen) atoms. The topological polar surface area (TPSA) is 19.6 Å². The standard InChI is InChI=1S/C63H61BN2OS/c1-59(2,3)36-21-25-38(26-22-36)65-56-46-33-48-49(62(9,10)30-29-61(48,7)8)34-51(46)67-58(56)64-55-45(32-44-40-17-13-15-19-47(40)63(11,12)54(44)57(55)65)42-31-43-41-18-14-16-20-52(41)68-53(43)35-50(42)66(64)39-27-23-37(24-28-39)60(4,5)6/h13-28,31-35H,29-30H2,1-12H3. The molecule has 2 aliphatic heterocycles. The molecule has 4 heterocycles. The fraction of sp³-hybridized carbons (Fsp3) is 0.302. The second-order valence-electron chi connectivity index (χ2n) is 24.4. The van der Waals surface area contributed by atoms with E-state index in [1.54, 1.807) is 0 Å². The number of hydrogen-bond donors (Lipinski definition) is 0. The molecular formula is C63H61BN2OS. The maximum Gasteiger partial charge on any atom is 0.375 e. The summed E-state index contributed by atoms with van der Waals surface area (Å²) in [6.45, 7) is 28.3. The molecule has 0 saturated carbocycles. The molecule has 0 radical (unpaired) electrons. The minimum Gasteiger partial charge on any atom is -0.466 e. The van der Waals surface area contributed by atoms with Crippen LogP contribution in [0, 0.1) is 0 Å². The highest BCUT2D eigenvalue weighted by Crippen LogP contribution is 2.60. The van der Waals surface area contributed by atoms with Crippen LogP contribution in [0.5, 0.6) is 0 Å². The molecule has 2 aliphatic carbocycles. The van der Waals surface area contributed by atoms with Crippen LogP contribution in [0.2, 0.25) is 0 Å². The van der Waals surface area contributed by atoms with Gasteiger partial charge in [0.05, 0.1) is 5.69 Å². The van der Waals surface area contributed by atoms with Gasteiger partial charge in [-0.15, -0.1) is 11.3 Å². The third kappa shape index (κ3) is 5.72. The zero-order valence-corrected chi connectivity index (χ0v) is 42.6. The number of benzene rings is 7. The van der Waals surface area contributed by atoms with Crippen molar-refractivity contribution in [1.82, 2.24) is 0 Å². The van der Waals surface area contributed by atoms with Gasteiger partial charge in [0.15, 0.2) is 0 Å². The Morgan fingerprint density at radius 3 is 1.82 bits per heavy atom. The van der Waals surface area contributed by atoms with Gasteiger partial charge >= 0.3 is 6.85 Å². The normalized spacial score (nSPS) is 17.3. The second kappa shape index (κ2) is 13.6. The van der Waals surface area contributed by atoms with E-state index in [0.29, 0.717) is 0 Å². The summed E-state index contributed by atoms with van der Waals surface area (Å²) in [5.74, 6) is 0. The maximum absolute atomic E-state index is 7.73. The molecule has 338 valence electrons. The third-order valence-corrected chi connectivity index (χ3v) is 17.9. The number of furan rings is 1. The lowest BCUT2D eigenvalue weighted by Gasteiger charge is -2.46. The quantitative estimate of drug-likeness (QED) is 0.161. The summed E-state index contributed by atoms with van der Waals surface area (Å²) >= 11 is 1.90. The van der Waals surface area contributed by atoms with E-state index in [1.165, 1.54) is 104 Å². The molecule has 4 aliphatic rings. The number of rotatable bonds is 2. The van der Waals surface area contributed by atoms with Crippen molar-refractivity contribution < 1.29 is 4.42 Å². The number of hydrogen-bond acceptors (Lipinski definition) is 4. The lowest BCUT2D eigenvalue weighted by molar-refractivity contribution is 0.332. The maximum atomic E-state index is 7.73. The average molecular weight is 905 g/mol. The predicted molar refractivity (Wildman–Crippen MR) is 293 cm³/mol. The van der Waals surface area contributed by atoms with Crippen LogP contribution < -0.4 is 20.8 Å². The van der Waals surface area contributed by atoms with Crippen molar-refractivity contribution in [2.45, 2.75) is 123 Å². The number of thiophene rings is 1. The van der Waals surface area contributed by atoms with Crippen LogP contribution in [0.25, 0.3) is 53.4 Å². The second-order valence-corrected chi connectivity index (χ2v) is 25.5. The molecule has 9 aromatic rings. The SMILES string of the molecule is CC(C)(C)c1ccc(N2B3c4oc5cc6c(cc5c4N(c4ccc(C(C)(C)C)cc4)c4c3c(cc3c4C(C)(C)c4ccccc4-3)-c3cc4c(cc32)sc2ccccc24)C(C)(C)CCC6(C)C)cc1. The Hall–Kier alpha value is -6.04. The fourth-order valence-corrected chi connectivity index (χ4v) is 13.9. The summed E-state index contributed by atoms with van der Waals surface area (Å²) in [6, 6.07) is 49.7. The van der Waals surface area contributed by atoms with Gasteiger partial charge in [0.1, 0.15) is 11.2 Å². The van der Waals surface area contributed by atoms with Crippen molar-refractivity contribution in [1.29, 1.82) is 0 Å². The summed E-state index contributed by atoms with van der Waals surface area (Å²) < 4.78 is 10.3. The van der Waals surface area contributed by atoms with Crippen molar-refractivity contribution >= 4 is 88.9 Å². The van der Waals surface area contributed by atoms with Gasteiger partial charge in [-0.2, -0.15) is 0 Å². The number of fused-ring (bicyclic) bond motifs is 14. The Bertz CT molecular complexity index is 3630. The summed E-state index contributed by atoms with van der Waals surface area (Å²) in [5.41, 5.74) is 22.6. The van der Waals surface area contributed by atoms with Gasteiger partial charge in [-0.05, 0) is 151 Å². The summed E-state index contributed by atoms with van der Waals surface area (Å²) in [5, 5.41) is 3.82. The summed E-state index contributed by atoms with van der Waals surface area (Å²) in [7, 11) is 0. The molecule has 0 amide bonds. The Balaban J connectivity index is 1.22. The van der Waals surface area contributed by atoms with Crippen LogP contribution in [0.3, 0.4) is 0 Å². The van der Waals surface area contributed by atoms with Crippen LogP contribution in [0.15, 0.2) is 132 Å². The van der Waals surface area contributed by atoms with Crippen LogP contribution in [-0.4, -0.2) is 6.85 Å². The molecule has 0 unspecified atom stereocenters. The van der Waals surface area contributed by atoms with E-state index in [4.69, 9.17) is 4.42 Å². The number of nitrogens with zero attached hydrogens (tertiary/aromatic N) is 2. The zero-order valence-electron chi connectivity index (χ0n) is 41.8. The Morgan fingerprint density at radius 2 is 1.15 bits per heavy atom. The summed E-state index contributed by atoms with van der Waals surface area (Å²) in [6.07, 6.45) is 2.29. The van der Waals surface area contributed by atoms with Gasteiger partial charge in [-0.25, -0.2) is 0 Å². The molecule has 0 fully saturated rings. The largest absolute Gasteiger partial charge is 0.466 e. The molecule has 7 aromatic carbocycles. The van der Waals surface area contributed by atoms with Crippen LogP contribution in [-0.2, 0) is 27.1 Å². The van der Waals surface area contributed by atoms with Gasteiger partial charge in [0.2, 0.25) is 0 Å². The highest BCUT2D eigenvalue weighted by Gasteiger charge is 2.53. The molecule has 0 saturated heterocycles. The first kappa shape index (κ1) is 42.1. The molecule has 3 nitrogen and oxygen atoms in total. The van der Waals surface area contributed by atoms with Crippen molar-refractivity contribution in [3.8, 4) is 22.3 Å². The van der Waals surface area contributed by atoms with Crippen molar-refractivity contribution in [2.24, 2.45) is 0 Å². The van der Waals surface area contributed by atoms with Crippen LogP contribution in [0.4, 0.5) is 28.4 Å². The van der Waals surface area contributed by atoms with E-state index in [1.807, 2.05) is 11.3 Å². The molecule has 0 spiro atoms. The molecule has 0 bridgehead atoms. The third-order valence-electron chi connectivity index (χ3n) is 16.8. The Kier molecular flexibility index (Phi) is 8.42. The first-order chi connectivity index (χ1) is 32.2. The smallest absolute Gasteiger partial charge is 0.375 e. The summed E-state index contributed by atoms with van der Waals surface area (Å²) in [4.78, 5) is 5.32. The average Bonchev–Trinajstić information content (AvgIpc) is 3.93. The van der Waals surface area contributed by atoms with Gasteiger partial charge < -0.3 is 14.1 Å². The van der Waals surface area contributed by atoms with E-state index in [0.717, 1.165) is 35.5 Å². The van der Waals surface area contributed by atoms with Gasteiger partial charge in [-0.3, -0.25) is 0 Å². The van der Waals surface area contributed by atoms with E-state index in [2.05, 4.69) is 220 Å².